The first-order valence-corrected chi connectivity index (χ1v) is 7.54. The number of hydrogen-bond donors (Lipinski definition) is 1. The number of carboxylic acids is 1. The predicted molar refractivity (Wildman–Crippen MR) is 90.1 cm³/mol. The van der Waals surface area contributed by atoms with Gasteiger partial charge in [-0.05, 0) is 73.9 Å². The highest BCUT2D eigenvalue weighted by Gasteiger charge is 2.17. The van der Waals surface area contributed by atoms with E-state index in [1.807, 2.05) is 32.0 Å². The summed E-state index contributed by atoms with van der Waals surface area (Å²) in [6.45, 7) is 5.67. The van der Waals surface area contributed by atoms with Gasteiger partial charge in [0.1, 0.15) is 5.82 Å². The van der Waals surface area contributed by atoms with Gasteiger partial charge in [0, 0.05) is 5.56 Å². The highest BCUT2D eigenvalue weighted by molar-refractivity contribution is 5.87. The molecule has 4 nitrogen and oxygen atoms in total. The Labute approximate surface area is 139 Å². The molecule has 0 fully saturated rings. The lowest BCUT2D eigenvalue weighted by molar-refractivity contribution is 0.0690. The average molecular weight is 324 g/mol. The fourth-order valence-corrected chi connectivity index (χ4v) is 2.55. The molecule has 0 saturated carbocycles. The predicted octanol–water partition coefficient (Wildman–Crippen LogP) is 4.30. The Kier molecular flexibility index (Phi) is 3.93. The number of halogens is 1. The Morgan fingerprint density at radius 1 is 1.00 bits per heavy atom. The van der Waals surface area contributed by atoms with Crippen molar-refractivity contribution in [3.8, 4) is 16.9 Å². The number of nitrogens with zero attached hydrogens (tertiary/aromatic N) is 2. The quantitative estimate of drug-likeness (QED) is 0.781. The van der Waals surface area contributed by atoms with Gasteiger partial charge in [-0.25, -0.2) is 13.9 Å². The third kappa shape index (κ3) is 2.80. The van der Waals surface area contributed by atoms with Crippen molar-refractivity contribution in [1.82, 2.24) is 9.78 Å². The normalized spacial score (nSPS) is 10.8. The maximum atomic E-state index is 13.6. The maximum absolute atomic E-state index is 13.6. The lowest BCUT2D eigenvalue weighted by Crippen LogP contribution is -2.03. The van der Waals surface area contributed by atoms with Crippen molar-refractivity contribution in [2.24, 2.45) is 0 Å². The van der Waals surface area contributed by atoms with Crippen LogP contribution in [0.25, 0.3) is 16.9 Å². The number of carboxylic acid groups (broad SMARTS) is 1. The van der Waals surface area contributed by atoms with Crippen LogP contribution in [0, 0.1) is 26.6 Å². The van der Waals surface area contributed by atoms with E-state index >= 15 is 0 Å². The summed E-state index contributed by atoms with van der Waals surface area (Å²) >= 11 is 0. The summed E-state index contributed by atoms with van der Waals surface area (Å²) in [7, 11) is 0. The summed E-state index contributed by atoms with van der Waals surface area (Å²) in [5.74, 6) is -1.40. The lowest BCUT2D eigenvalue weighted by Gasteiger charge is -2.10. The minimum absolute atomic E-state index is 0.0507. The summed E-state index contributed by atoms with van der Waals surface area (Å²) in [4.78, 5) is 11.3. The van der Waals surface area contributed by atoms with Gasteiger partial charge in [-0.15, -0.1) is 0 Å². The smallest absolute Gasteiger partial charge is 0.356 e. The van der Waals surface area contributed by atoms with E-state index in [0.29, 0.717) is 16.8 Å². The molecule has 1 heterocycles. The van der Waals surface area contributed by atoms with E-state index in [0.717, 1.165) is 16.8 Å². The number of aromatic carboxylic acids is 1. The Bertz CT molecular complexity index is 876. The number of carbonyl (C=O) groups is 1. The molecule has 0 atom stereocenters. The van der Waals surface area contributed by atoms with E-state index < -0.39 is 5.97 Å². The fraction of sp³-hybridized carbons (Fsp3) is 0.158. The van der Waals surface area contributed by atoms with E-state index in [-0.39, 0.29) is 11.5 Å². The zero-order chi connectivity index (χ0) is 17.4. The van der Waals surface area contributed by atoms with Crippen LogP contribution in [0.5, 0.6) is 0 Å². The van der Waals surface area contributed by atoms with Gasteiger partial charge in [0.05, 0.1) is 11.4 Å². The zero-order valence-electron chi connectivity index (χ0n) is 13.7. The number of rotatable bonds is 3. The molecule has 122 valence electrons. The molecule has 0 radical (unpaired) electrons. The molecule has 3 rings (SSSR count). The van der Waals surface area contributed by atoms with Gasteiger partial charge in [-0.1, -0.05) is 6.07 Å². The van der Waals surface area contributed by atoms with E-state index in [4.69, 9.17) is 0 Å². The van der Waals surface area contributed by atoms with E-state index in [1.54, 1.807) is 23.7 Å². The zero-order valence-corrected chi connectivity index (χ0v) is 13.7. The maximum Gasteiger partial charge on any atom is 0.356 e. The molecule has 2 aromatic carbocycles. The van der Waals surface area contributed by atoms with Crippen molar-refractivity contribution in [3.05, 3.63) is 70.7 Å². The van der Waals surface area contributed by atoms with Crippen LogP contribution in [0.3, 0.4) is 0 Å². The Morgan fingerprint density at radius 3 is 2.38 bits per heavy atom. The van der Waals surface area contributed by atoms with E-state index in [2.05, 4.69) is 5.10 Å². The number of hydrogen-bond acceptors (Lipinski definition) is 2. The van der Waals surface area contributed by atoms with Crippen molar-refractivity contribution in [2.75, 3.05) is 0 Å². The molecule has 0 saturated heterocycles. The molecular weight excluding hydrogens is 307 g/mol. The first-order chi connectivity index (χ1) is 11.4. The molecule has 0 aliphatic heterocycles. The molecule has 1 N–H and O–H groups in total. The first kappa shape index (κ1) is 15.9. The van der Waals surface area contributed by atoms with Gasteiger partial charge in [0.25, 0.3) is 0 Å². The third-order valence-electron chi connectivity index (χ3n) is 4.12. The molecule has 0 unspecified atom stereocenters. The third-order valence-corrected chi connectivity index (χ3v) is 4.12. The SMILES string of the molecule is Cc1ccc(-n2nc(C(=O)O)cc2-c2ccc(F)c(C)c2)cc1C. The van der Waals surface area contributed by atoms with Crippen LogP contribution in [0.2, 0.25) is 0 Å². The van der Waals surface area contributed by atoms with Crippen molar-refractivity contribution in [1.29, 1.82) is 0 Å². The highest BCUT2D eigenvalue weighted by Crippen LogP contribution is 2.26. The van der Waals surface area contributed by atoms with Crippen LogP contribution in [0.4, 0.5) is 4.39 Å². The molecular formula is C19H17FN2O2. The second kappa shape index (κ2) is 5.92. The Hall–Kier alpha value is -2.95. The molecule has 1 aromatic heterocycles. The lowest BCUT2D eigenvalue weighted by atomic mass is 10.1. The van der Waals surface area contributed by atoms with Crippen LogP contribution in [0.15, 0.2) is 42.5 Å². The second-order valence-electron chi connectivity index (χ2n) is 5.86. The molecule has 0 aliphatic rings. The van der Waals surface area contributed by atoms with Crippen molar-refractivity contribution < 1.29 is 14.3 Å². The van der Waals surface area contributed by atoms with Crippen molar-refractivity contribution in [3.63, 3.8) is 0 Å². The fourth-order valence-electron chi connectivity index (χ4n) is 2.55. The Morgan fingerprint density at radius 2 is 1.75 bits per heavy atom. The molecule has 24 heavy (non-hydrogen) atoms. The van der Waals surface area contributed by atoms with Crippen LogP contribution < -0.4 is 0 Å². The van der Waals surface area contributed by atoms with Gasteiger partial charge in [0.15, 0.2) is 5.69 Å². The monoisotopic (exact) mass is 324 g/mol. The van der Waals surface area contributed by atoms with E-state index in [9.17, 15) is 14.3 Å². The summed E-state index contributed by atoms with van der Waals surface area (Å²) in [5, 5.41) is 13.5. The van der Waals surface area contributed by atoms with Gasteiger partial charge in [0.2, 0.25) is 0 Å². The van der Waals surface area contributed by atoms with Crippen LogP contribution in [0.1, 0.15) is 27.2 Å². The average Bonchev–Trinajstić information content (AvgIpc) is 2.98. The minimum Gasteiger partial charge on any atom is -0.476 e. The standard InChI is InChI=1S/C19H17FN2O2/c1-11-4-6-15(9-12(11)2)22-18(10-17(21-22)19(23)24)14-5-7-16(20)13(3)8-14/h4-10H,1-3H3,(H,23,24). The van der Waals surface area contributed by atoms with Gasteiger partial charge in [-0.3, -0.25) is 0 Å². The van der Waals surface area contributed by atoms with Crippen molar-refractivity contribution in [2.45, 2.75) is 20.8 Å². The number of aromatic nitrogens is 2. The number of benzene rings is 2. The second-order valence-corrected chi connectivity index (χ2v) is 5.86. The molecule has 0 aliphatic carbocycles. The molecule has 0 spiro atoms. The topological polar surface area (TPSA) is 55.1 Å². The Balaban J connectivity index is 2.22. The first-order valence-electron chi connectivity index (χ1n) is 7.54. The molecule has 5 heteroatoms. The summed E-state index contributed by atoms with van der Waals surface area (Å²) in [5.41, 5.74) is 4.76. The van der Waals surface area contributed by atoms with Gasteiger partial charge >= 0.3 is 5.97 Å². The van der Waals surface area contributed by atoms with Crippen LogP contribution >= 0.6 is 0 Å². The molecule has 0 bridgehead atoms. The van der Waals surface area contributed by atoms with Gasteiger partial charge < -0.3 is 5.11 Å². The minimum atomic E-state index is -1.10. The van der Waals surface area contributed by atoms with Crippen LogP contribution in [-0.2, 0) is 0 Å². The number of aryl methyl sites for hydroxylation is 3. The summed E-state index contributed by atoms with van der Waals surface area (Å²) in [6, 6.07) is 12.0. The van der Waals surface area contributed by atoms with Gasteiger partial charge in [-0.2, -0.15) is 5.10 Å². The van der Waals surface area contributed by atoms with Crippen molar-refractivity contribution >= 4 is 5.97 Å². The summed E-state index contributed by atoms with van der Waals surface area (Å²) in [6.07, 6.45) is 0. The van der Waals surface area contributed by atoms with Crippen LogP contribution in [-0.4, -0.2) is 20.9 Å². The largest absolute Gasteiger partial charge is 0.476 e. The summed E-state index contributed by atoms with van der Waals surface area (Å²) < 4.78 is 15.1. The molecule has 0 amide bonds. The molecule has 3 aromatic rings. The van der Waals surface area contributed by atoms with E-state index in [1.165, 1.54) is 12.1 Å². The highest BCUT2D eigenvalue weighted by atomic mass is 19.1.